The molecule has 0 bridgehead atoms. The molecule has 4 atom stereocenters. The molecule has 10 nitrogen and oxygen atoms in total. The average molecular weight is 543 g/mol. The van der Waals surface area contributed by atoms with E-state index in [1.54, 1.807) is 48.5 Å². The van der Waals surface area contributed by atoms with Gasteiger partial charge in [0, 0.05) is 27.4 Å². The second-order valence-corrected chi connectivity index (χ2v) is 10.1. The second-order valence-electron chi connectivity index (χ2n) is 8.07. The van der Waals surface area contributed by atoms with Crippen LogP contribution in [0, 0.1) is 6.92 Å². The molecule has 1 unspecified atom stereocenters. The number of phosphoric ester groups is 1. The van der Waals surface area contributed by atoms with Gasteiger partial charge in [0.15, 0.2) is 5.72 Å². The van der Waals surface area contributed by atoms with Crippen LogP contribution < -0.4 is 11.2 Å². The summed E-state index contributed by atoms with van der Waals surface area (Å²) >= 11 is 12.2. The zero-order valence-corrected chi connectivity index (χ0v) is 20.6. The second kappa shape index (κ2) is 9.65. The van der Waals surface area contributed by atoms with Crippen LogP contribution in [0.3, 0.4) is 0 Å². The van der Waals surface area contributed by atoms with Crippen LogP contribution in [0.25, 0.3) is 0 Å². The van der Waals surface area contributed by atoms with E-state index in [1.165, 1.54) is 13.1 Å². The molecule has 1 aliphatic heterocycles. The Balaban J connectivity index is 2.11. The first kappa shape index (κ1) is 25.8. The Hall–Kier alpha value is -2.27. The van der Waals surface area contributed by atoms with Gasteiger partial charge in [-0.25, -0.2) is 9.36 Å². The van der Waals surface area contributed by atoms with Gasteiger partial charge in [-0.3, -0.25) is 18.9 Å². The maximum atomic E-state index is 13.2. The number of aryl methyl sites for hydroxylation is 1. The van der Waals surface area contributed by atoms with Gasteiger partial charge in [0.25, 0.3) is 5.56 Å². The molecule has 0 saturated carbocycles. The van der Waals surface area contributed by atoms with Crippen LogP contribution in [0.1, 0.15) is 22.6 Å². The molecular formula is C22H21Cl2N2O8P. The Morgan fingerprint density at radius 2 is 1.66 bits per heavy atom. The number of rotatable bonds is 6. The van der Waals surface area contributed by atoms with Crippen molar-refractivity contribution in [2.24, 2.45) is 0 Å². The molecule has 0 spiro atoms. The van der Waals surface area contributed by atoms with E-state index in [1.807, 2.05) is 0 Å². The van der Waals surface area contributed by atoms with E-state index in [0.29, 0.717) is 21.2 Å². The minimum absolute atomic E-state index is 0.177. The van der Waals surface area contributed by atoms with Crippen molar-refractivity contribution in [3.8, 4) is 0 Å². The van der Waals surface area contributed by atoms with Crippen LogP contribution >= 0.6 is 31.0 Å². The van der Waals surface area contributed by atoms with Gasteiger partial charge in [-0.05, 0) is 36.8 Å². The van der Waals surface area contributed by atoms with Crippen molar-refractivity contribution in [2.75, 3.05) is 6.61 Å². The summed E-state index contributed by atoms with van der Waals surface area (Å²) in [6.07, 6.45) is -1.41. The maximum Gasteiger partial charge on any atom is 0.469 e. The zero-order chi connectivity index (χ0) is 25.5. The fraction of sp³-hybridized carbons (Fsp3) is 0.273. The van der Waals surface area contributed by atoms with E-state index in [2.05, 4.69) is 4.98 Å². The minimum atomic E-state index is -5.09. The van der Waals surface area contributed by atoms with Crippen molar-refractivity contribution >= 4 is 31.0 Å². The molecule has 0 amide bonds. The van der Waals surface area contributed by atoms with Crippen LogP contribution in [0.4, 0.5) is 0 Å². The van der Waals surface area contributed by atoms with Crippen molar-refractivity contribution in [1.29, 1.82) is 0 Å². The molecule has 186 valence electrons. The third-order valence-electron chi connectivity index (χ3n) is 5.85. The number of nitrogens with zero attached hydrogens (tertiary/aromatic N) is 1. The highest BCUT2D eigenvalue weighted by Gasteiger charge is 2.60. The number of aromatic nitrogens is 2. The maximum absolute atomic E-state index is 13.2. The van der Waals surface area contributed by atoms with E-state index in [4.69, 9.17) is 32.5 Å². The van der Waals surface area contributed by atoms with Crippen LogP contribution in [-0.4, -0.2) is 43.3 Å². The Labute approximate surface area is 208 Å². The Morgan fingerprint density at radius 1 is 1.09 bits per heavy atom. The summed E-state index contributed by atoms with van der Waals surface area (Å²) in [5.74, 6) is -1.10. The Bertz CT molecular complexity index is 1390. The lowest BCUT2D eigenvalue weighted by Gasteiger charge is -2.38. The Kier molecular flexibility index (Phi) is 7.11. The first-order chi connectivity index (χ1) is 16.5. The van der Waals surface area contributed by atoms with Crippen LogP contribution in [0.5, 0.6) is 0 Å². The summed E-state index contributed by atoms with van der Waals surface area (Å²) in [6, 6.07) is 12.6. The van der Waals surface area contributed by atoms with Gasteiger partial charge in [0.2, 0.25) is 0 Å². The predicted molar refractivity (Wildman–Crippen MR) is 128 cm³/mol. The van der Waals surface area contributed by atoms with E-state index in [0.717, 1.165) is 4.57 Å². The van der Waals surface area contributed by atoms with Gasteiger partial charge in [-0.2, -0.15) is 0 Å². The molecule has 4 N–H and O–H groups in total. The molecular weight excluding hydrogens is 522 g/mol. The monoisotopic (exact) mass is 542 g/mol. The first-order valence-corrected chi connectivity index (χ1v) is 12.6. The van der Waals surface area contributed by atoms with Crippen LogP contribution in [0.2, 0.25) is 10.0 Å². The smallest absolute Gasteiger partial charge is 0.394 e. The van der Waals surface area contributed by atoms with Gasteiger partial charge >= 0.3 is 13.5 Å². The summed E-state index contributed by atoms with van der Waals surface area (Å²) in [4.78, 5) is 46.9. The highest BCUT2D eigenvalue weighted by molar-refractivity contribution is 7.46. The van der Waals surface area contributed by atoms with Crippen molar-refractivity contribution in [3.05, 3.63) is 102 Å². The van der Waals surface area contributed by atoms with Gasteiger partial charge < -0.3 is 19.6 Å². The predicted octanol–water partition coefficient (Wildman–Crippen LogP) is 2.51. The number of halogens is 2. The normalized spacial score (nSPS) is 24.6. The molecule has 2 aromatic carbocycles. The van der Waals surface area contributed by atoms with Crippen LogP contribution in [0.15, 0.2) is 64.3 Å². The fourth-order valence-corrected chi connectivity index (χ4v) is 5.24. The molecule has 1 fully saturated rings. The van der Waals surface area contributed by atoms with Gasteiger partial charge in [0.05, 0.1) is 12.5 Å². The molecule has 1 aliphatic rings. The van der Waals surface area contributed by atoms with Crippen molar-refractivity contribution < 1.29 is 28.7 Å². The third-order valence-corrected chi connectivity index (χ3v) is 6.87. The zero-order valence-electron chi connectivity index (χ0n) is 18.2. The largest absolute Gasteiger partial charge is 0.469 e. The lowest BCUT2D eigenvalue weighted by atomic mass is 9.80. The molecule has 2 heterocycles. The molecule has 1 aromatic heterocycles. The number of hydrogen-bond acceptors (Lipinski definition) is 6. The number of hydrogen-bond donors (Lipinski definition) is 4. The molecule has 3 aromatic rings. The Morgan fingerprint density at radius 3 is 2.20 bits per heavy atom. The third kappa shape index (κ3) is 4.89. The molecule has 4 rings (SSSR count). The number of aromatic amines is 1. The molecule has 13 heteroatoms. The lowest BCUT2D eigenvalue weighted by molar-refractivity contribution is -0.0969. The number of aliphatic hydroxyl groups excluding tert-OH is 1. The molecule has 0 aliphatic carbocycles. The summed E-state index contributed by atoms with van der Waals surface area (Å²) in [5, 5.41) is 10.9. The quantitative estimate of drug-likeness (QED) is 0.347. The van der Waals surface area contributed by atoms with Crippen LogP contribution in [-0.2, 0) is 19.6 Å². The van der Waals surface area contributed by atoms with Gasteiger partial charge in [0.1, 0.15) is 12.2 Å². The number of aliphatic hydroxyl groups is 1. The standard InChI is InChI=1S/C22H21Cl2N2O8P/c1-12-10-26(21(29)25-20(12)28)22(14-4-8-16(24)9-5-14)18(13-2-6-15(23)7-3-13)19(17(11-27)33-22)34-35(30,31)32/h2-10,17-19,27H,11H2,1H3,(H,25,28,29)(H2,30,31,32)/t17-,18?,19-,22-/m1/s1. The minimum Gasteiger partial charge on any atom is -0.394 e. The number of ether oxygens (including phenoxy) is 1. The SMILES string of the molecule is Cc1cn([C@]2(c3ccc(Cl)cc3)O[C@H](CO)[C@@H](OP(=O)(O)O)C2c2ccc(Cl)cc2)c(=O)[nH]c1=O. The number of H-pyrrole nitrogens is 1. The average Bonchev–Trinajstić information content (AvgIpc) is 3.10. The highest BCUT2D eigenvalue weighted by atomic mass is 35.5. The molecule has 35 heavy (non-hydrogen) atoms. The van der Waals surface area contributed by atoms with Gasteiger partial charge in [-0.15, -0.1) is 0 Å². The topological polar surface area (TPSA) is 151 Å². The van der Waals surface area contributed by atoms with E-state index in [-0.39, 0.29) is 5.56 Å². The van der Waals surface area contributed by atoms with Crippen molar-refractivity contribution in [1.82, 2.24) is 9.55 Å². The van der Waals surface area contributed by atoms with Crippen molar-refractivity contribution in [3.63, 3.8) is 0 Å². The summed E-state index contributed by atoms with van der Waals surface area (Å²) < 4.78 is 24.5. The number of benzene rings is 2. The summed E-state index contributed by atoms with van der Waals surface area (Å²) in [6.45, 7) is 0.797. The highest BCUT2D eigenvalue weighted by Crippen LogP contribution is 2.55. The van der Waals surface area contributed by atoms with Crippen molar-refractivity contribution in [2.45, 2.75) is 30.8 Å². The van der Waals surface area contributed by atoms with Gasteiger partial charge in [-0.1, -0.05) is 47.5 Å². The molecule has 0 radical (unpaired) electrons. The van der Waals surface area contributed by atoms with E-state index < -0.39 is 49.5 Å². The summed E-state index contributed by atoms with van der Waals surface area (Å²) in [5.41, 5.74) is -2.31. The number of nitrogens with one attached hydrogen (secondary N) is 1. The first-order valence-electron chi connectivity index (χ1n) is 10.3. The summed E-state index contributed by atoms with van der Waals surface area (Å²) in [7, 11) is -5.09. The molecule has 1 saturated heterocycles. The van der Waals surface area contributed by atoms with E-state index >= 15 is 0 Å². The lowest BCUT2D eigenvalue weighted by Crippen LogP contribution is -2.49. The fourth-order valence-electron chi connectivity index (χ4n) is 4.42. The number of phosphoric acid groups is 1. The van der Waals surface area contributed by atoms with E-state index in [9.17, 15) is 29.0 Å².